The maximum Gasteiger partial charge on any atom is 0.243 e. The number of nitrogens with zero attached hydrogens (tertiary/aromatic N) is 2. The molecule has 0 bridgehead atoms. The predicted molar refractivity (Wildman–Crippen MR) is 113 cm³/mol. The predicted octanol–water partition coefficient (Wildman–Crippen LogP) is 3.55. The van der Waals surface area contributed by atoms with Crippen LogP contribution in [-0.4, -0.2) is 44.7 Å². The first-order chi connectivity index (χ1) is 14.4. The van der Waals surface area contributed by atoms with Crippen LogP contribution in [0.2, 0.25) is 0 Å². The molecule has 2 aliphatic rings. The molecule has 1 heterocycles. The molecule has 5 rings (SSSR count). The minimum atomic E-state index is -3.73. The smallest absolute Gasteiger partial charge is 0.243 e. The molecule has 0 radical (unpaired) electrons. The Morgan fingerprint density at radius 3 is 2.07 bits per heavy atom. The lowest BCUT2D eigenvalue weighted by atomic mass is 10.1. The van der Waals surface area contributed by atoms with Gasteiger partial charge in [0.25, 0.3) is 0 Å². The molecular formula is C23H19FN2O3S. The highest BCUT2D eigenvalue weighted by Crippen LogP contribution is 2.38. The van der Waals surface area contributed by atoms with E-state index >= 15 is 0 Å². The lowest BCUT2D eigenvalue weighted by molar-refractivity contribution is 0.104. The number of sulfonamides is 1. The summed E-state index contributed by atoms with van der Waals surface area (Å²) in [5.41, 5.74) is 2.93. The fourth-order valence-corrected chi connectivity index (χ4v) is 5.61. The Morgan fingerprint density at radius 2 is 1.37 bits per heavy atom. The van der Waals surface area contributed by atoms with E-state index in [1.807, 2.05) is 30.3 Å². The van der Waals surface area contributed by atoms with Gasteiger partial charge in [-0.2, -0.15) is 4.31 Å². The summed E-state index contributed by atoms with van der Waals surface area (Å²) in [6, 6.07) is 18.6. The minimum Gasteiger partial charge on any atom is -0.369 e. The van der Waals surface area contributed by atoms with Crippen molar-refractivity contribution >= 4 is 21.5 Å². The fourth-order valence-electron chi connectivity index (χ4n) is 4.17. The highest BCUT2D eigenvalue weighted by molar-refractivity contribution is 7.89. The lowest BCUT2D eigenvalue weighted by Crippen LogP contribution is -2.48. The minimum absolute atomic E-state index is 0.0936. The van der Waals surface area contributed by atoms with Crippen LogP contribution >= 0.6 is 0 Å². The van der Waals surface area contributed by atoms with Gasteiger partial charge >= 0.3 is 0 Å². The van der Waals surface area contributed by atoms with Gasteiger partial charge < -0.3 is 4.90 Å². The number of hydrogen-bond donors (Lipinski definition) is 0. The van der Waals surface area contributed by atoms with E-state index in [1.165, 1.54) is 28.6 Å². The van der Waals surface area contributed by atoms with Crippen molar-refractivity contribution in [1.29, 1.82) is 0 Å². The molecule has 0 spiro atoms. The van der Waals surface area contributed by atoms with Gasteiger partial charge in [0.1, 0.15) is 5.82 Å². The number of ketones is 1. The lowest BCUT2D eigenvalue weighted by Gasteiger charge is -2.35. The van der Waals surface area contributed by atoms with Gasteiger partial charge in [-0.05, 0) is 47.5 Å². The zero-order valence-corrected chi connectivity index (χ0v) is 16.9. The average Bonchev–Trinajstić information content (AvgIpc) is 3.05. The van der Waals surface area contributed by atoms with Crippen LogP contribution in [0, 0.1) is 5.82 Å². The molecule has 1 aliphatic heterocycles. The first-order valence-electron chi connectivity index (χ1n) is 9.74. The van der Waals surface area contributed by atoms with Crippen molar-refractivity contribution in [2.75, 3.05) is 31.1 Å². The Balaban J connectivity index is 1.40. The van der Waals surface area contributed by atoms with Crippen molar-refractivity contribution in [2.45, 2.75) is 4.90 Å². The number of anilines is 1. The number of fused-ring (bicyclic) bond motifs is 3. The third-order valence-electron chi connectivity index (χ3n) is 5.75. The molecule has 0 saturated carbocycles. The molecule has 1 saturated heterocycles. The SMILES string of the molecule is O=C1c2cc(F)ccc2-c2ccc(S(=O)(=O)N3CCN(c4ccccc4)CC3)cc21. The second-order valence-electron chi connectivity index (χ2n) is 7.45. The summed E-state index contributed by atoms with van der Waals surface area (Å²) in [6.07, 6.45) is 0. The quantitative estimate of drug-likeness (QED) is 0.507. The van der Waals surface area contributed by atoms with Gasteiger partial charge in [0.15, 0.2) is 5.78 Å². The summed E-state index contributed by atoms with van der Waals surface area (Å²) in [5.74, 6) is -0.829. The Morgan fingerprint density at radius 1 is 0.733 bits per heavy atom. The van der Waals surface area contributed by atoms with Gasteiger partial charge in [-0.3, -0.25) is 4.79 Å². The van der Waals surface area contributed by atoms with E-state index in [-0.39, 0.29) is 16.2 Å². The highest BCUT2D eigenvalue weighted by Gasteiger charge is 2.32. The number of para-hydroxylation sites is 1. The number of piperazine rings is 1. The molecular weight excluding hydrogens is 403 g/mol. The average molecular weight is 422 g/mol. The Hall–Kier alpha value is -3.03. The highest BCUT2D eigenvalue weighted by atomic mass is 32.2. The summed E-state index contributed by atoms with van der Waals surface area (Å²) >= 11 is 0. The van der Waals surface area contributed by atoms with E-state index in [4.69, 9.17) is 0 Å². The van der Waals surface area contributed by atoms with Crippen molar-refractivity contribution in [3.8, 4) is 11.1 Å². The fraction of sp³-hybridized carbons (Fsp3) is 0.174. The molecule has 3 aromatic carbocycles. The number of hydrogen-bond acceptors (Lipinski definition) is 4. The van der Waals surface area contributed by atoms with Gasteiger partial charge in [-0.15, -0.1) is 0 Å². The maximum atomic E-state index is 13.6. The van der Waals surface area contributed by atoms with E-state index in [0.717, 1.165) is 5.69 Å². The topological polar surface area (TPSA) is 57.7 Å². The number of halogens is 1. The second kappa shape index (κ2) is 7.04. The van der Waals surface area contributed by atoms with Crippen molar-refractivity contribution in [1.82, 2.24) is 4.31 Å². The maximum absolute atomic E-state index is 13.6. The van der Waals surface area contributed by atoms with Crippen molar-refractivity contribution in [2.24, 2.45) is 0 Å². The van der Waals surface area contributed by atoms with Crippen molar-refractivity contribution in [3.05, 3.63) is 83.7 Å². The molecule has 3 aromatic rings. The molecule has 0 atom stereocenters. The zero-order valence-electron chi connectivity index (χ0n) is 16.1. The van der Waals surface area contributed by atoms with Crippen molar-refractivity contribution in [3.63, 3.8) is 0 Å². The molecule has 0 amide bonds. The molecule has 0 N–H and O–H groups in total. The monoisotopic (exact) mass is 422 g/mol. The summed E-state index contributed by atoms with van der Waals surface area (Å²) in [5, 5.41) is 0. The largest absolute Gasteiger partial charge is 0.369 e. The van der Waals surface area contributed by atoms with Gasteiger partial charge in [0.05, 0.1) is 4.90 Å². The van der Waals surface area contributed by atoms with E-state index < -0.39 is 15.8 Å². The summed E-state index contributed by atoms with van der Waals surface area (Å²) < 4.78 is 41.4. The van der Waals surface area contributed by atoms with E-state index in [0.29, 0.717) is 42.9 Å². The third kappa shape index (κ3) is 3.02. The van der Waals surface area contributed by atoms with Gasteiger partial charge in [-0.1, -0.05) is 30.3 Å². The van der Waals surface area contributed by atoms with Crippen LogP contribution in [0.4, 0.5) is 10.1 Å². The summed E-state index contributed by atoms with van der Waals surface area (Å²) in [7, 11) is -3.73. The van der Waals surface area contributed by atoms with Crippen LogP contribution in [0.1, 0.15) is 15.9 Å². The molecule has 0 aromatic heterocycles. The van der Waals surface area contributed by atoms with Crippen LogP contribution in [0.5, 0.6) is 0 Å². The molecule has 152 valence electrons. The van der Waals surface area contributed by atoms with Gasteiger partial charge in [0.2, 0.25) is 10.0 Å². The summed E-state index contributed by atoms with van der Waals surface area (Å²) in [6.45, 7) is 1.93. The van der Waals surface area contributed by atoms with Crippen LogP contribution in [0.25, 0.3) is 11.1 Å². The van der Waals surface area contributed by atoms with E-state index in [9.17, 15) is 17.6 Å². The van der Waals surface area contributed by atoms with Gasteiger partial charge in [-0.25, -0.2) is 12.8 Å². The Bertz CT molecular complexity index is 1250. The number of carbonyl (C=O) groups excluding carboxylic acids is 1. The first kappa shape index (κ1) is 19.0. The van der Waals surface area contributed by atoms with Gasteiger partial charge in [0, 0.05) is 43.0 Å². The first-order valence-corrected chi connectivity index (χ1v) is 11.2. The van der Waals surface area contributed by atoms with Crippen LogP contribution in [0.3, 0.4) is 0 Å². The second-order valence-corrected chi connectivity index (χ2v) is 9.39. The van der Waals surface area contributed by atoms with E-state index in [1.54, 1.807) is 12.1 Å². The Labute approximate surface area is 174 Å². The summed E-state index contributed by atoms with van der Waals surface area (Å²) in [4.78, 5) is 15.0. The molecule has 0 unspecified atom stereocenters. The molecule has 30 heavy (non-hydrogen) atoms. The number of benzene rings is 3. The Kier molecular flexibility index (Phi) is 4.45. The zero-order chi connectivity index (χ0) is 20.9. The van der Waals surface area contributed by atoms with Crippen molar-refractivity contribution < 1.29 is 17.6 Å². The molecule has 1 fully saturated rings. The molecule has 7 heteroatoms. The van der Waals surface area contributed by atoms with Crippen LogP contribution in [-0.2, 0) is 10.0 Å². The third-order valence-corrected chi connectivity index (χ3v) is 7.64. The van der Waals surface area contributed by atoms with Crippen LogP contribution in [0.15, 0.2) is 71.6 Å². The van der Waals surface area contributed by atoms with E-state index in [2.05, 4.69) is 4.90 Å². The number of carbonyl (C=O) groups is 1. The molecule has 1 aliphatic carbocycles. The normalized spacial score (nSPS) is 16.4. The standard InChI is InChI=1S/C23H19FN2O3S/c24-16-6-8-19-20-9-7-18(15-22(20)23(27)21(19)14-16)30(28,29)26-12-10-25(11-13-26)17-4-2-1-3-5-17/h1-9,14-15H,10-13H2. The molecule has 5 nitrogen and oxygen atoms in total. The number of rotatable bonds is 3. The van der Waals surface area contributed by atoms with Crippen LogP contribution < -0.4 is 4.90 Å².